The second-order valence-corrected chi connectivity index (χ2v) is 9.21. The molecule has 2 atom stereocenters. The Bertz CT molecular complexity index is 805. The van der Waals surface area contributed by atoms with Gasteiger partial charge < -0.3 is 5.32 Å². The Morgan fingerprint density at radius 3 is 2.46 bits per heavy atom. The van der Waals surface area contributed by atoms with Crippen LogP contribution in [0.1, 0.15) is 46.0 Å². The van der Waals surface area contributed by atoms with Crippen molar-refractivity contribution in [2.75, 3.05) is 6.54 Å². The van der Waals surface area contributed by atoms with Gasteiger partial charge in [0.2, 0.25) is 15.8 Å². The van der Waals surface area contributed by atoms with Crippen LogP contribution in [0.4, 0.5) is 0 Å². The number of carbonyl (C=O) groups is 3. The largest absolute Gasteiger partial charge is 0.349 e. The Labute approximate surface area is 166 Å². The topological polar surface area (TPSA) is 109 Å². The van der Waals surface area contributed by atoms with Gasteiger partial charge in [0, 0.05) is 18.9 Å². The molecule has 1 aliphatic heterocycles. The van der Waals surface area contributed by atoms with Crippen LogP contribution < -0.4 is 10.0 Å². The van der Waals surface area contributed by atoms with Crippen LogP contribution in [-0.2, 0) is 24.4 Å². The van der Waals surface area contributed by atoms with E-state index in [1.165, 1.54) is 12.1 Å². The highest BCUT2D eigenvalue weighted by atomic mass is 32.2. The lowest BCUT2D eigenvalue weighted by Gasteiger charge is -2.23. The van der Waals surface area contributed by atoms with Gasteiger partial charge in [-0.25, -0.2) is 13.1 Å². The van der Waals surface area contributed by atoms with Gasteiger partial charge in [-0.2, -0.15) is 0 Å². The molecular formula is C20H28N2O5S. The predicted molar refractivity (Wildman–Crippen MR) is 105 cm³/mol. The van der Waals surface area contributed by atoms with Gasteiger partial charge in [0.25, 0.3) is 5.91 Å². The lowest BCUT2D eigenvalue weighted by atomic mass is 9.87. The molecule has 1 aromatic carbocycles. The summed E-state index contributed by atoms with van der Waals surface area (Å²) in [6, 6.07) is 6.86. The van der Waals surface area contributed by atoms with Crippen LogP contribution in [0.15, 0.2) is 35.2 Å². The molecule has 1 aliphatic rings. The molecule has 28 heavy (non-hydrogen) atoms. The van der Waals surface area contributed by atoms with Gasteiger partial charge in [-0.05, 0) is 30.9 Å². The first-order valence-corrected chi connectivity index (χ1v) is 11.1. The second kappa shape index (κ2) is 9.93. The quantitative estimate of drug-likeness (QED) is 0.669. The van der Waals surface area contributed by atoms with Crippen molar-refractivity contribution in [1.29, 1.82) is 0 Å². The molecule has 1 fully saturated rings. The number of benzene rings is 1. The standard InChI is InChI=1S/C20H28N2O5S/c1-14(2)18(22-28(26,27)16-10-6-3-7-11-16)17(23)13-15-9-5-4-8-12-21-20(25)19(15)24/h3,6-7,10-11,14-15,18,22H,4-5,8-9,12-13H2,1-2H3,(H,21,25). The van der Waals surface area contributed by atoms with Crippen molar-refractivity contribution in [3.63, 3.8) is 0 Å². The third kappa shape index (κ3) is 5.97. The van der Waals surface area contributed by atoms with Crippen LogP contribution in [-0.4, -0.2) is 38.5 Å². The second-order valence-electron chi connectivity index (χ2n) is 7.49. The van der Waals surface area contributed by atoms with Gasteiger partial charge in [0.05, 0.1) is 10.9 Å². The summed E-state index contributed by atoms with van der Waals surface area (Å²) < 4.78 is 27.7. The number of sulfonamides is 1. The van der Waals surface area contributed by atoms with E-state index in [0.717, 1.165) is 19.3 Å². The summed E-state index contributed by atoms with van der Waals surface area (Å²) >= 11 is 0. The molecule has 0 aromatic heterocycles. The Morgan fingerprint density at radius 1 is 1.14 bits per heavy atom. The van der Waals surface area contributed by atoms with E-state index in [-0.39, 0.29) is 23.0 Å². The first kappa shape index (κ1) is 22.2. The average Bonchev–Trinajstić information content (AvgIpc) is 2.73. The number of nitrogens with one attached hydrogen (secondary N) is 2. The van der Waals surface area contributed by atoms with Crippen LogP contribution in [0.2, 0.25) is 0 Å². The summed E-state index contributed by atoms with van der Waals surface area (Å²) in [7, 11) is -3.87. The normalized spacial score (nSPS) is 20.0. The third-order valence-corrected chi connectivity index (χ3v) is 6.36. The number of rotatable bonds is 7. The summed E-state index contributed by atoms with van der Waals surface area (Å²) in [4.78, 5) is 37.3. The van der Waals surface area contributed by atoms with Crippen molar-refractivity contribution in [3.8, 4) is 0 Å². The van der Waals surface area contributed by atoms with Crippen LogP contribution >= 0.6 is 0 Å². The summed E-state index contributed by atoms with van der Waals surface area (Å²) in [5.74, 6) is -2.64. The van der Waals surface area contributed by atoms with Gasteiger partial charge in [-0.15, -0.1) is 0 Å². The van der Waals surface area contributed by atoms with E-state index in [1.807, 2.05) is 0 Å². The van der Waals surface area contributed by atoms with Crippen molar-refractivity contribution >= 4 is 27.5 Å². The molecule has 0 radical (unpaired) electrons. The Hall–Kier alpha value is -2.06. The van der Waals surface area contributed by atoms with Gasteiger partial charge >= 0.3 is 0 Å². The molecule has 8 heteroatoms. The van der Waals surface area contributed by atoms with E-state index in [2.05, 4.69) is 10.0 Å². The first-order valence-electron chi connectivity index (χ1n) is 9.64. The number of hydrogen-bond donors (Lipinski definition) is 2. The molecule has 0 spiro atoms. The minimum absolute atomic E-state index is 0.0753. The average molecular weight is 409 g/mol. The third-order valence-electron chi connectivity index (χ3n) is 4.91. The molecular weight excluding hydrogens is 380 g/mol. The molecule has 1 aromatic rings. The van der Waals surface area contributed by atoms with Crippen LogP contribution in [0.25, 0.3) is 0 Å². The summed E-state index contributed by atoms with van der Waals surface area (Å²) in [6.07, 6.45) is 2.72. The molecule has 0 bridgehead atoms. The smallest absolute Gasteiger partial charge is 0.287 e. The molecule has 1 saturated heterocycles. The molecule has 1 amide bonds. The number of hydrogen-bond acceptors (Lipinski definition) is 5. The Kier molecular flexibility index (Phi) is 7.88. The van der Waals surface area contributed by atoms with E-state index in [9.17, 15) is 22.8 Å². The van der Waals surface area contributed by atoms with Crippen molar-refractivity contribution in [2.24, 2.45) is 11.8 Å². The summed E-state index contributed by atoms with van der Waals surface area (Å²) in [5, 5.41) is 2.58. The molecule has 7 nitrogen and oxygen atoms in total. The predicted octanol–water partition coefficient (Wildman–Crippen LogP) is 1.82. The van der Waals surface area contributed by atoms with Crippen molar-refractivity contribution in [3.05, 3.63) is 30.3 Å². The minimum atomic E-state index is -3.87. The van der Waals surface area contributed by atoms with Crippen LogP contribution in [0, 0.1) is 11.8 Å². The number of amides is 1. The number of Topliss-reactive ketones (excluding diaryl/α,β-unsaturated/α-hetero) is 2. The zero-order valence-electron chi connectivity index (χ0n) is 16.3. The molecule has 2 rings (SSSR count). The van der Waals surface area contributed by atoms with E-state index < -0.39 is 33.7 Å². The maximum Gasteiger partial charge on any atom is 0.287 e. The Balaban J connectivity index is 2.15. The fourth-order valence-electron chi connectivity index (χ4n) is 3.27. The fraction of sp³-hybridized carbons (Fsp3) is 0.550. The van der Waals surface area contributed by atoms with Crippen LogP contribution in [0.3, 0.4) is 0 Å². The number of ketones is 2. The molecule has 1 heterocycles. The molecule has 2 unspecified atom stereocenters. The molecule has 154 valence electrons. The molecule has 0 saturated carbocycles. The van der Waals surface area contributed by atoms with E-state index in [0.29, 0.717) is 13.0 Å². The molecule has 2 N–H and O–H groups in total. The highest BCUT2D eigenvalue weighted by molar-refractivity contribution is 7.89. The first-order chi connectivity index (χ1) is 13.2. The monoisotopic (exact) mass is 408 g/mol. The van der Waals surface area contributed by atoms with Gasteiger partial charge in [0.1, 0.15) is 0 Å². The zero-order valence-corrected chi connectivity index (χ0v) is 17.1. The maximum absolute atomic E-state index is 12.9. The van der Waals surface area contributed by atoms with E-state index >= 15 is 0 Å². The summed E-state index contributed by atoms with van der Waals surface area (Å²) in [5.41, 5.74) is 0. The van der Waals surface area contributed by atoms with Crippen molar-refractivity contribution in [1.82, 2.24) is 10.0 Å². The van der Waals surface area contributed by atoms with Gasteiger partial charge in [0.15, 0.2) is 5.78 Å². The van der Waals surface area contributed by atoms with Crippen molar-refractivity contribution in [2.45, 2.75) is 56.9 Å². The van der Waals surface area contributed by atoms with E-state index in [1.54, 1.807) is 32.0 Å². The highest BCUT2D eigenvalue weighted by Crippen LogP contribution is 2.20. The highest BCUT2D eigenvalue weighted by Gasteiger charge is 2.33. The Morgan fingerprint density at radius 2 is 1.82 bits per heavy atom. The lowest BCUT2D eigenvalue weighted by Crippen LogP contribution is -2.46. The van der Waals surface area contributed by atoms with Crippen LogP contribution in [0.5, 0.6) is 0 Å². The maximum atomic E-state index is 12.9. The lowest BCUT2D eigenvalue weighted by molar-refractivity contribution is -0.141. The minimum Gasteiger partial charge on any atom is -0.349 e. The van der Waals surface area contributed by atoms with Crippen molar-refractivity contribution < 1.29 is 22.8 Å². The number of carbonyl (C=O) groups excluding carboxylic acids is 3. The van der Waals surface area contributed by atoms with Gasteiger partial charge in [-0.3, -0.25) is 14.4 Å². The molecule has 0 aliphatic carbocycles. The summed E-state index contributed by atoms with van der Waals surface area (Å²) in [6.45, 7) is 3.94. The SMILES string of the molecule is CC(C)C(NS(=O)(=O)c1ccccc1)C(=O)CC1CCCCCNC(=O)C1=O. The fourth-order valence-corrected chi connectivity index (χ4v) is 4.66. The zero-order chi connectivity index (χ0) is 20.7. The van der Waals surface area contributed by atoms with E-state index in [4.69, 9.17) is 0 Å². The van der Waals surface area contributed by atoms with Gasteiger partial charge in [-0.1, -0.05) is 44.9 Å².